The van der Waals surface area contributed by atoms with Crippen molar-refractivity contribution in [2.45, 2.75) is 13.3 Å². The van der Waals surface area contributed by atoms with Gasteiger partial charge in [-0.15, -0.1) is 0 Å². The molecule has 8 heteroatoms. The number of nitrogens with zero attached hydrogens (tertiary/aromatic N) is 6. The number of amides is 1. The SMILES string of the molecule is Cc1cccc(CC(=NC#N)N2CCN(CCNC(=O)c3cnccn3)CC2)c1. The number of benzene rings is 1. The molecule has 150 valence electrons. The highest BCUT2D eigenvalue weighted by Crippen LogP contribution is 2.10. The van der Waals surface area contributed by atoms with Crippen molar-refractivity contribution in [3.05, 3.63) is 59.7 Å². The van der Waals surface area contributed by atoms with Gasteiger partial charge >= 0.3 is 0 Å². The maximum absolute atomic E-state index is 12.0. The number of aryl methyl sites for hydroxylation is 1. The lowest BCUT2D eigenvalue weighted by atomic mass is 10.1. The molecule has 0 saturated carbocycles. The van der Waals surface area contributed by atoms with E-state index in [2.05, 4.69) is 55.2 Å². The maximum Gasteiger partial charge on any atom is 0.271 e. The van der Waals surface area contributed by atoms with Crippen LogP contribution in [0.15, 0.2) is 47.8 Å². The van der Waals surface area contributed by atoms with Gasteiger partial charge in [-0.05, 0) is 12.5 Å². The van der Waals surface area contributed by atoms with E-state index in [1.807, 2.05) is 12.3 Å². The number of amidine groups is 1. The molecule has 8 nitrogen and oxygen atoms in total. The molecule has 0 unspecified atom stereocenters. The van der Waals surface area contributed by atoms with Crippen LogP contribution in [0.1, 0.15) is 21.6 Å². The minimum Gasteiger partial charge on any atom is -0.356 e. The molecule has 29 heavy (non-hydrogen) atoms. The van der Waals surface area contributed by atoms with E-state index < -0.39 is 0 Å². The number of nitrogens with one attached hydrogen (secondary N) is 1. The summed E-state index contributed by atoms with van der Waals surface area (Å²) >= 11 is 0. The average Bonchev–Trinajstić information content (AvgIpc) is 2.74. The molecule has 1 aromatic carbocycles. The quantitative estimate of drug-likeness (QED) is 0.452. The first-order valence-corrected chi connectivity index (χ1v) is 9.68. The number of rotatable bonds is 6. The molecule has 1 saturated heterocycles. The Morgan fingerprint density at radius 3 is 2.79 bits per heavy atom. The summed E-state index contributed by atoms with van der Waals surface area (Å²) in [7, 11) is 0. The zero-order chi connectivity index (χ0) is 20.5. The Bertz CT molecular complexity index is 883. The van der Waals surface area contributed by atoms with Crippen molar-refractivity contribution < 1.29 is 4.79 Å². The van der Waals surface area contributed by atoms with Gasteiger partial charge in [0.05, 0.1) is 6.20 Å². The van der Waals surface area contributed by atoms with Crippen LogP contribution in [0.5, 0.6) is 0 Å². The number of carbonyl (C=O) groups excluding carboxylic acids is 1. The van der Waals surface area contributed by atoms with E-state index in [-0.39, 0.29) is 5.91 Å². The van der Waals surface area contributed by atoms with E-state index in [9.17, 15) is 4.79 Å². The normalized spacial score (nSPS) is 15.0. The number of hydrogen-bond donors (Lipinski definition) is 1. The van der Waals surface area contributed by atoms with Gasteiger partial charge in [0.15, 0.2) is 0 Å². The monoisotopic (exact) mass is 391 g/mol. The van der Waals surface area contributed by atoms with Gasteiger partial charge in [0.25, 0.3) is 5.91 Å². The molecule has 1 fully saturated rings. The predicted molar refractivity (Wildman–Crippen MR) is 110 cm³/mol. The Kier molecular flexibility index (Phi) is 7.25. The fourth-order valence-electron chi connectivity index (χ4n) is 3.35. The van der Waals surface area contributed by atoms with Crippen molar-refractivity contribution >= 4 is 11.7 Å². The second kappa shape index (κ2) is 10.3. The van der Waals surface area contributed by atoms with Gasteiger partial charge in [-0.2, -0.15) is 10.3 Å². The predicted octanol–water partition coefficient (Wildman–Crippen LogP) is 1.25. The second-order valence-corrected chi connectivity index (χ2v) is 6.97. The number of carbonyl (C=O) groups is 1. The number of aliphatic imine (C=N–C) groups is 1. The number of piperazine rings is 1. The molecule has 1 N–H and O–H groups in total. The molecule has 1 aliphatic rings. The molecule has 1 aliphatic heterocycles. The van der Waals surface area contributed by atoms with Gasteiger partial charge in [-0.25, -0.2) is 4.98 Å². The van der Waals surface area contributed by atoms with E-state index in [0.717, 1.165) is 44.1 Å². The standard InChI is InChI=1S/C21H25N7O/c1-17-3-2-4-18(13-17)14-20(26-16-22)28-11-9-27(10-12-28)8-7-25-21(29)19-15-23-5-6-24-19/h2-6,13,15H,7-12,14H2,1H3,(H,25,29). The first kappa shape index (κ1) is 20.4. The third-order valence-corrected chi connectivity index (χ3v) is 4.87. The van der Waals surface area contributed by atoms with Gasteiger partial charge in [0.2, 0.25) is 6.19 Å². The molecule has 0 spiro atoms. The smallest absolute Gasteiger partial charge is 0.271 e. The molecule has 0 atom stereocenters. The first-order chi connectivity index (χ1) is 14.2. The van der Waals surface area contributed by atoms with Crippen molar-refractivity contribution in [2.24, 2.45) is 4.99 Å². The molecule has 2 heterocycles. The topological polar surface area (TPSA) is 97.5 Å². The average molecular weight is 391 g/mol. The lowest BCUT2D eigenvalue weighted by Crippen LogP contribution is -2.50. The lowest BCUT2D eigenvalue weighted by molar-refractivity contribution is 0.0939. The third-order valence-electron chi connectivity index (χ3n) is 4.87. The van der Waals surface area contributed by atoms with Crippen molar-refractivity contribution in [3.63, 3.8) is 0 Å². The van der Waals surface area contributed by atoms with E-state index in [0.29, 0.717) is 18.7 Å². The van der Waals surface area contributed by atoms with Crippen LogP contribution in [0.25, 0.3) is 0 Å². The van der Waals surface area contributed by atoms with E-state index in [4.69, 9.17) is 5.26 Å². The Morgan fingerprint density at radius 2 is 2.10 bits per heavy atom. The Labute approximate surface area is 170 Å². The molecule has 3 rings (SSSR count). The van der Waals surface area contributed by atoms with E-state index >= 15 is 0 Å². The third kappa shape index (κ3) is 6.09. The van der Waals surface area contributed by atoms with Crippen LogP contribution >= 0.6 is 0 Å². The molecule has 1 aromatic heterocycles. The van der Waals surface area contributed by atoms with Crippen LogP contribution in [0.2, 0.25) is 0 Å². The summed E-state index contributed by atoms with van der Waals surface area (Å²) < 4.78 is 0. The number of hydrogen-bond acceptors (Lipinski definition) is 6. The molecule has 1 amide bonds. The lowest BCUT2D eigenvalue weighted by Gasteiger charge is -2.36. The van der Waals surface area contributed by atoms with Gasteiger partial charge in [0, 0.05) is 58.1 Å². The van der Waals surface area contributed by atoms with Crippen molar-refractivity contribution in [3.8, 4) is 6.19 Å². The molecule has 0 bridgehead atoms. The van der Waals surface area contributed by atoms with Crippen LogP contribution in [-0.2, 0) is 6.42 Å². The van der Waals surface area contributed by atoms with Crippen molar-refractivity contribution in [2.75, 3.05) is 39.3 Å². The zero-order valence-electron chi connectivity index (χ0n) is 16.6. The summed E-state index contributed by atoms with van der Waals surface area (Å²) in [5.41, 5.74) is 2.69. The van der Waals surface area contributed by atoms with E-state index in [1.54, 1.807) is 6.20 Å². The van der Waals surface area contributed by atoms with Gasteiger partial charge < -0.3 is 10.2 Å². The number of nitriles is 1. The van der Waals surface area contributed by atoms with E-state index in [1.165, 1.54) is 18.0 Å². The Morgan fingerprint density at radius 1 is 1.28 bits per heavy atom. The Hall–Kier alpha value is -3.31. The summed E-state index contributed by atoms with van der Waals surface area (Å²) in [5, 5.41) is 12.0. The summed E-state index contributed by atoms with van der Waals surface area (Å²) in [5.74, 6) is 0.604. The molecule has 0 radical (unpaired) electrons. The molecular weight excluding hydrogens is 366 g/mol. The van der Waals surface area contributed by atoms with Gasteiger partial charge in [0.1, 0.15) is 11.5 Å². The first-order valence-electron chi connectivity index (χ1n) is 9.68. The van der Waals surface area contributed by atoms with Gasteiger partial charge in [-0.1, -0.05) is 29.8 Å². The highest BCUT2D eigenvalue weighted by atomic mass is 16.1. The zero-order valence-corrected chi connectivity index (χ0v) is 16.6. The van der Waals surface area contributed by atoms with Crippen LogP contribution in [-0.4, -0.2) is 70.8 Å². The van der Waals surface area contributed by atoms with Crippen LogP contribution < -0.4 is 5.32 Å². The molecule has 2 aromatic rings. The number of aromatic nitrogens is 2. The minimum atomic E-state index is -0.210. The summed E-state index contributed by atoms with van der Waals surface area (Å²) in [6.45, 7) is 6.72. The summed E-state index contributed by atoms with van der Waals surface area (Å²) in [6, 6.07) is 8.29. The van der Waals surface area contributed by atoms with Gasteiger partial charge in [-0.3, -0.25) is 14.7 Å². The van der Waals surface area contributed by atoms with Crippen molar-refractivity contribution in [1.82, 2.24) is 25.1 Å². The van der Waals surface area contributed by atoms with Crippen molar-refractivity contribution in [1.29, 1.82) is 5.26 Å². The molecular formula is C21H25N7O. The molecule has 0 aliphatic carbocycles. The fourth-order valence-corrected chi connectivity index (χ4v) is 3.35. The second-order valence-electron chi connectivity index (χ2n) is 6.97. The van der Waals surface area contributed by atoms with Crippen LogP contribution in [0.3, 0.4) is 0 Å². The highest BCUT2D eigenvalue weighted by molar-refractivity contribution is 5.91. The minimum absolute atomic E-state index is 0.210. The summed E-state index contributed by atoms with van der Waals surface area (Å²) in [6.07, 6.45) is 7.11. The maximum atomic E-state index is 12.0. The summed E-state index contributed by atoms with van der Waals surface area (Å²) in [4.78, 5) is 28.5. The van der Waals surface area contributed by atoms with Crippen LogP contribution in [0.4, 0.5) is 0 Å². The largest absolute Gasteiger partial charge is 0.356 e. The Balaban J connectivity index is 1.45. The highest BCUT2D eigenvalue weighted by Gasteiger charge is 2.20. The fraction of sp³-hybridized carbons (Fsp3) is 0.381. The van der Waals surface area contributed by atoms with Crippen LogP contribution in [0, 0.1) is 18.4 Å².